The van der Waals surface area contributed by atoms with Crippen LogP contribution in [0.2, 0.25) is 0 Å². The molecule has 2 heterocycles. The topological polar surface area (TPSA) is 50.3 Å². The van der Waals surface area contributed by atoms with Crippen LogP contribution in [0.15, 0.2) is 65.0 Å². The maximum atomic E-state index is 13.1. The Labute approximate surface area is 151 Å². The molecule has 3 aromatic rings. The quantitative estimate of drug-likeness (QED) is 0.705. The Morgan fingerprint density at radius 2 is 1.80 bits per heavy atom. The molecule has 0 spiro atoms. The molecule has 0 fully saturated rings. The highest BCUT2D eigenvalue weighted by molar-refractivity contribution is 7.91. The number of thiazole rings is 1. The summed E-state index contributed by atoms with van der Waals surface area (Å²) in [6, 6.07) is 18.2. The molecule has 1 aromatic heterocycles. The minimum atomic E-state index is -3.54. The van der Waals surface area contributed by atoms with E-state index in [9.17, 15) is 8.42 Å². The number of hydrogen-bond donors (Lipinski definition) is 0. The van der Waals surface area contributed by atoms with Gasteiger partial charge in [-0.1, -0.05) is 54.6 Å². The second kappa shape index (κ2) is 6.37. The lowest BCUT2D eigenvalue weighted by Gasteiger charge is -2.33. The lowest BCUT2D eigenvalue weighted by atomic mass is 9.86. The molecule has 1 aliphatic heterocycles. The number of hydrogen-bond acceptors (Lipinski definition) is 4. The second-order valence-electron chi connectivity index (χ2n) is 6.16. The minimum Gasteiger partial charge on any atom is -0.249 e. The monoisotopic (exact) mass is 370 g/mol. The Morgan fingerprint density at radius 1 is 1.08 bits per heavy atom. The molecule has 25 heavy (non-hydrogen) atoms. The zero-order chi connectivity index (χ0) is 17.4. The average Bonchev–Trinajstić information content (AvgIpc) is 3.09. The van der Waals surface area contributed by atoms with Crippen LogP contribution in [0.1, 0.15) is 27.6 Å². The van der Waals surface area contributed by atoms with Crippen LogP contribution < -0.4 is 0 Å². The Bertz CT molecular complexity index is 997. The van der Waals surface area contributed by atoms with Crippen molar-refractivity contribution in [2.24, 2.45) is 0 Å². The second-order valence-corrected chi connectivity index (χ2v) is 9.56. The first-order chi connectivity index (χ1) is 12.1. The Kier molecular flexibility index (Phi) is 4.19. The van der Waals surface area contributed by atoms with E-state index in [2.05, 4.69) is 23.2 Å². The van der Waals surface area contributed by atoms with Crippen molar-refractivity contribution in [1.82, 2.24) is 9.29 Å². The molecule has 1 aliphatic rings. The van der Waals surface area contributed by atoms with Crippen LogP contribution in [0.3, 0.4) is 0 Å². The highest BCUT2D eigenvalue weighted by Crippen LogP contribution is 2.36. The van der Waals surface area contributed by atoms with Crippen molar-refractivity contribution in [2.75, 3.05) is 6.54 Å². The third-order valence-electron chi connectivity index (χ3n) is 4.56. The van der Waals surface area contributed by atoms with Gasteiger partial charge in [0.25, 0.3) is 10.0 Å². The smallest absolute Gasteiger partial charge is 0.249 e. The van der Waals surface area contributed by atoms with Crippen molar-refractivity contribution in [3.63, 3.8) is 0 Å². The van der Waals surface area contributed by atoms with Gasteiger partial charge in [0, 0.05) is 19.0 Å². The first kappa shape index (κ1) is 16.4. The number of aromatic nitrogens is 1. The molecule has 128 valence electrons. The Balaban J connectivity index is 1.78. The van der Waals surface area contributed by atoms with E-state index in [0.29, 0.717) is 17.3 Å². The molecule has 4 nitrogen and oxygen atoms in total. The molecule has 0 saturated carbocycles. The fourth-order valence-corrected chi connectivity index (χ4v) is 6.01. The summed E-state index contributed by atoms with van der Waals surface area (Å²) in [7, 11) is -3.54. The maximum absolute atomic E-state index is 13.1. The summed E-state index contributed by atoms with van der Waals surface area (Å²) < 4.78 is 28.1. The Hall–Kier alpha value is -2.02. The van der Waals surface area contributed by atoms with E-state index in [4.69, 9.17) is 0 Å². The van der Waals surface area contributed by atoms with Crippen LogP contribution in [0, 0.1) is 6.92 Å². The predicted molar refractivity (Wildman–Crippen MR) is 99.2 cm³/mol. The summed E-state index contributed by atoms with van der Waals surface area (Å²) in [4.78, 5) is 4.11. The van der Waals surface area contributed by atoms with Gasteiger partial charge in [0.1, 0.15) is 0 Å². The van der Waals surface area contributed by atoms with Crippen LogP contribution in [-0.4, -0.2) is 24.3 Å². The van der Waals surface area contributed by atoms with Crippen molar-refractivity contribution < 1.29 is 8.42 Å². The van der Waals surface area contributed by atoms with E-state index in [1.54, 1.807) is 4.31 Å². The summed E-state index contributed by atoms with van der Waals surface area (Å²) in [5.41, 5.74) is 3.41. The van der Waals surface area contributed by atoms with Crippen molar-refractivity contribution in [2.45, 2.75) is 23.6 Å². The van der Waals surface area contributed by atoms with Crippen LogP contribution in [-0.2, 0) is 16.6 Å². The van der Waals surface area contributed by atoms with Crippen LogP contribution >= 0.6 is 11.3 Å². The van der Waals surface area contributed by atoms with E-state index in [1.807, 2.05) is 43.3 Å². The van der Waals surface area contributed by atoms with Gasteiger partial charge in [-0.2, -0.15) is 4.31 Å². The van der Waals surface area contributed by atoms with E-state index >= 15 is 0 Å². The zero-order valence-electron chi connectivity index (χ0n) is 13.8. The molecular formula is C19H18N2O2S2. The van der Waals surface area contributed by atoms with E-state index in [-0.39, 0.29) is 5.92 Å². The summed E-state index contributed by atoms with van der Waals surface area (Å²) in [6.07, 6.45) is 1.47. The van der Waals surface area contributed by atoms with Crippen LogP contribution in [0.5, 0.6) is 0 Å². The van der Waals surface area contributed by atoms with E-state index in [1.165, 1.54) is 23.1 Å². The third-order valence-corrected chi connectivity index (χ3v) is 7.72. The number of fused-ring (bicyclic) bond motifs is 1. The van der Waals surface area contributed by atoms with Crippen molar-refractivity contribution >= 4 is 21.4 Å². The van der Waals surface area contributed by atoms with Gasteiger partial charge in [0.05, 0.1) is 11.2 Å². The number of benzene rings is 2. The number of aryl methyl sites for hydroxylation is 1. The molecule has 0 aliphatic carbocycles. The standard InChI is InChI=1S/C19H18N2O2S2/c1-14-20-11-19(24-14)25(22,23)21-12-16-9-5-6-10-17(16)18(13-21)15-7-3-2-4-8-15/h2-11,18H,12-13H2,1H3. The largest absolute Gasteiger partial charge is 0.254 e. The van der Waals surface area contributed by atoms with Crippen LogP contribution in [0.25, 0.3) is 0 Å². The lowest BCUT2D eigenvalue weighted by Crippen LogP contribution is -2.38. The molecule has 0 N–H and O–H groups in total. The summed E-state index contributed by atoms with van der Waals surface area (Å²) in [6.45, 7) is 2.67. The van der Waals surface area contributed by atoms with Gasteiger partial charge in [-0.05, 0) is 23.6 Å². The van der Waals surface area contributed by atoms with Gasteiger partial charge >= 0.3 is 0 Å². The van der Waals surface area contributed by atoms with Gasteiger partial charge < -0.3 is 0 Å². The first-order valence-corrected chi connectivity index (χ1v) is 10.4. The number of rotatable bonds is 3. The fourth-order valence-electron chi connectivity index (χ4n) is 3.32. The van der Waals surface area contributed by atoms with Gasteiger partial charge in [-0.25, -0.2) is 13.4 Å². The SMILES string of the molecule is Cc1ncc(S(=O)(=O)N2Cc3ccccc3C(c3ccccc3)C2)s1. The number of nitrogens with zero attached hydrogens (tertiary/aromatic N) is 2. The van der Waals surface area contributed by atoms with E-state index in [0.717, 1.165) is 16.1 Å². The van der Waals surface area contributed by atoms with Crippen LogP contribution in [0.4, 0.5) is 0 Å². The van der Waals surface area contributed by atoms with Crippen molar-refractivity contribution in [3.8, 4) is 0 Å². The predicted octanol–water partition coefficient (Wildman–Crippen LogP) is 3.79. The van der Waals surface area contributed by atoms with Crippen molar-refractivity contribution in [1.29, 1.82) is 0 Å². The molecule has 0 saturated heterocycles. The number of sulfonamides is 1. The normalized spacial score (nSPS) is 18.0. The van der Waals surface area contributed by atoms with E-state index < -0.39 is 10.0 Å². The Morgan fingerprint density at radius 3 is 2.52 bits per heavy atom. The molecule has 6 heteroatoms. The minimum absolute atomic E-state index is 0.0370. The van der Waals surface area contributed by atoms with Gasteiger partial charge in [-0.15, -0.1) is 11.3 Å². The lowest BCUT2D eigenvalue weighted by molar-refractivity contribution is 0.372. The highest BCUT2D eigenvalue weighted by Gasteiger charge is 2.34. The molecule has 1 atom stereocenters. The highest BCUT2D eigenvalue weighted by atomic mass is 32.2. The molecule has 2 aromatic carbocycles. The van der Waals surface area contributed by atoms with Gasteiger partial charge in [0.2, 0.25) is 0 Å². The summed E-state index contributed by atoms with van der Waals surface area (Å²) >= 11 is 1.23. The maximum Gasteiger partial charge on any atom is 0.254 e. The zero-order valence-corrected chi connectivity index (χ0v) is 15.4. The van der Waals surface area contributed by atoms with Gasteiger partial charge in [0.15, 0.2) is 4.21 Å². The molecule has 0 amide bonds. The fraction of sp³-hybridized carbons (Fsp3) is 0.211. The molecular weight excluding hydrogens is 352 g/mol. The molecule has 4 rings (SSSR count). The first-order valence-electron chi connectivity index (χ1n) is 8.11. The average molecular weight is 370 g/mol. The summed E-state index contributed by atoms with van der Waals surface area (Å²) in [5, 5.41) is 0.760. The van der Waals surface area contributed by atoms with Crippen molar-refractivity contribution in [3.05, 3.63) is 82.5 Å². The molecule has 1 unspecified atom stereocenters. The molecule has 0 bridgehead atoms. The van der Waals surface area contributed by atoms with Gasteiger partial charge in [-0.3, -0.25) is 0 Å². The molecule has 0 radical (unpaired) electrons. The third kappa shape index (κ3) is 3.01. The summed E-state index contributed by atoms with van der Waals surface area (Å²) in [5.74, 6) is 0.0370.